The summed E-state index contributed by atoms with van der Waals surface area (Å²) in [7, 11) is 0. The molecule has 6 rings (SSSR count). The van der Waals surface area contributed by atoms with E-state index in [0.717, 1.165) is 11.1 Å². The predicted molar refractivity (Wildman–Crippen MR) is 153 cm³/mol. The molecule has 0 spiro atoms. The minimum Gasteiger partial charge on any atom is -0.349 e. The van der Waals surface area contributed by atoms with Gasteiger partial charge in [-0.1, -0.05) is 65.8 Å². The minimum atomic E-state index is -0.767. The topological polar surface area (TPSA) is 157 Å². The van der Waals surface area contributed by atoms with Crippen LogP contribution in [0, 0.1) is 11.3 Å². The van der Waals surface area contributed by atoms with Crippen LogP contribution in [0.3, 0.4) is 0 Å². The highest BCUT2D eigenvalue weighted by Gasteiger charge is 2.18. The normalized spacial score (nSPS) is 10.7. The van der Waals surface area contributed by atoms with E-state index in [1.54, 1.807) is 24.3 Å². The first-order valence-electron chi connectivity index (χ1n) is 12.5. The lowest BCUT2D eigenvalue weighted by molar-refractivity contribution is 0.101. The van der Waals surface area contributed by atoms with Crippen LogP contribution in [0.5, 0.6) is 0 Å². The van der Waals surface area contributed by atoms with Gasteiger partial charge in [-0.3, -0.25) is 19.1 Å². The van der Waals surface area contributed by atoms with Gasteiger partial charge in [0.25, 0.3) is 11.8 Å². The van der Waals surface area contributed by atoms with Gasteiger partial charge < -0.3 is 15.6 Å². The quantitative estimate of drug-likeness (QED) is 0.217. The molecule has 0 aliphatic rings. The van der Waals surface area contributed by atoms with Gasteiger partial charge in [-0.05, 0) is 47.5 Å². The van der Waals surface area contributed by atoms with Crippen LogP contribution < -0.4 is 16.4 Å². The zero-order valence-electron chi connectivity index (χ0n) is 21.3. The Morgan fingerprint density at radius 1 is 0.780 bits per heavy atom. The average molecular weight is 541 g/mol. The van der Waals surface area contributed by atoms with Crippen LogP contribution in [0.15, 0.2) is 106 Å². The number of hydrogen-bond acceptors (Lipinski definition) is 6. The fourth-order valence-corrected chi connectivity index (χ4v) is 4.58. The van der Waals surface area contributed by atoms with Gasteiger partial charge in [-0.25, -0.2) is 4.79 Å². The molecule has 2 aromatic heterocycles. The van der Waals surface area contributed by atoms with Crippen molar-refractivity contribution in [1.82, 2.24) is 15.1 Å². The van der Waals surface area contributed by atoms with Crippen LogP contribution in [0.4, 0.5) is 11.4 Å². The van der Waals surface area contributed by atoms with E-state index in [1.807, 2.05) is 60.7 Å². The largest absolute Gasteiger partial charge is 0.439 e. The van der Waals surface area contributed by atoms with Crippen molar-refractivity contribution in [3.8, 4) is 28.6 Å². The maximum Gasteiger partial charge on any atom is 0.439 e. The van der Waals surface area contributed by atoms with E-state index in [-0.39, 0.29) is 17.4 Å². The van der Waals surface area contributed by atoms with Crippen molar-refractivity contribution in [2.45, 2.75) is 0 Å². The molecule has 0 saturated heterocycles. The molecule has 0 unspecified atom stereocenters. The Kier molecular flexibility index (Phi) is 6.43. The van der Waals surface area contributed by atoms with E-state index in [2.05, 4.69) is 30.3 Å². The second-order valence-electron chi connectivity index (χ2n) is 9.09. The van der Waals surface area contributed by atoms with Crippen molar-refractivity contribution in [2.24, 2.45) is 0 Å². The molecule has 10 heteroatoms. The van der Waals surface area contributed by atoms with E-state index < -0.39 is 11.7 Å². The van der Waals surface area contributed by atoms with Crippen molar-refractivity contribution in [2.75, 3.05) is 10.6 Å². The zero-order chi connectivity index (χ0) is 28.3. The number of aromatic amines is 2. The highest BCUT2D eigenvalue weighted by Crippen LogP contribution is 2.29. The molecule has 4 aromatic carbocycles. The molecule has 41 heavy (non-hydrogen) atoms. The Labute approximate surface area is 232 Å². The molecule has 10 nitrogen and oxygen atoms in total. The summed E-state index contributed by atoms with van der Waals surface area (Å²) in [5.74, 6) is -1.47. The molecule has 0 radical (unpaired) electrons. The Morgan fingerprint density at radius 2 is 1.56 bits per heavy atom. The molecule has 0 atom stereocenters. The van der Waals surface area contributed by atoms with Gasteiger partial charge in [0.1, 0.15) is 5.69 Å². The number of hydrogen-bond donors (Lipinski definition) is 4. The second-order valence-corrected chi connectivity index (χ2v) is 9.09. The van der Waals surface area contributed by atoms with Gasteiger partial charge in [0, 0.05) is 16.5 Å². The lowest BCUT2D eigenvalue weighted by atomic mass is 9.99. The molecule has 4 N–H and O–H groups in total. The summed E-state index contributed by atoms with van der Waals surface area (Å²) in [5, 5.41) is 19.4. The summed E-state index contributed by atoms with van der Waals surface area (Å²) in [6.07, 6.45) is 0. The molecule has 0 bridgehead atoms. The third-order valence-electron chi connectivity index (χ3n) is 6.50. The Bertz CT molecular complexity index is 2030. The van der Waals surface area contributed by atoms with E-state index in [9.17, 15) is 19.6 Å². The Hall–Kier alpha value is -6.21. The Morgan fingerprint density at radius 3 is 2.34 bits per heavy atom. The predicted octanol–water partition coefficient (Wildman–Crippen LogP) is 5.55. The number of carbonyl (C=O) groups is 2. The number of rotatable bonds is 6. The van der Waals surface area contributed by atoms with Crippen LogP contribution in [0.2, 0.25) is 0 Å². The number of para-hydroxylation sites is 1. The number of H-pyrrole nitrogens is 2. The number of carbonyl (C=O) groups excluding carboxylic acids is 2. The molecule has 0 fully saturated rings. The summed E-state index contributed by atoms with van der Waals surface area (Å²) in [5.41, 5.74) is 4.48. The third kappa shape index (κ3) is 4.98. The maximum atomic E-state index is 13.4. The number of amides is 2. The van der Waals surface area contributed by atoms with Crippen molar-refractivity contribution in [3.63, 3.8) is 0 Å². The smallest absolute Gasteiger partial charge is 0.349 e. The number of nitrogens with zero attached hydrogens (tertiary/aromatic N) is 2. The summed E-state index contributed by atoms with van der Waals surface area (Å²) in [6, 6.07) is 30.6. The van der Waals surface area contributed by atoms with Crippen LogP contribution in [0.1, 0.15) is 26.4 Å². The fourth-order valence-electron chi connectivity index (χ4n) is 4.58. The van der Waals surface area contributed by atoms with E-state index in [4.69, 9.17) is 0 Å². The first-order chi connectivity index (χ1) is 20.0. The standard InChI is InChI=1S/C31H20N6O4/c32-17-18-13-14-24(23(15-18)28-36-31(40)41-37-28)34-30(39)26-16-20-9-6-12-25(27(20)33-26)35-29(38)22-11-5-4-10-21(22)19-7-2-1-3-8-19/h1-16,33H,(H,34,39)(H,35,38)(H,36,37,40). The van der Waals surface area contributed by atoms with Crippen molar-refractivity contribution in [3.05, 3.63) is 124 Å². The number of benzene rings is 4. The van der Waals surface area contributed by atoms with Gasteiger partial charge in [-0.2, -0.15) is 5.26 Å². The number of nitrogens with one attached hydrogen (secondary N) is 4. The number of anilines is 2. The molecule has 2 heterocycles. The zero-order valence-corrected chi connectivity index (χ0v) is 21.3. The molecule has 0 saturated carbocycles. The molecular weight excluding hydrogens is 520 g/mol. The third-order valence-corrected chi connectivity index (χ3v) is 6.50. The summed E-state index contributed by atoms with van der Waals surface area (Å²) in [6.45, 7) is 0. The summed E-state index contributed by atoms with van der Waals surface area (Å²) >= 11 is 0. The lowest BCUT2D eigenvalue weighted by Gasteiger charge is -2.11. The van der Waals surface area contributed by atoms with Crippen molar-refractivity contribution in [1.29, 1.82) is 5.26 Å². The Balaban J connectivity index is 1.29. The molecule has 2 amide bonds. The molecule has 0 aliphatic heterocycles. The lowest BCUT2D eigenvalue weighted by Crippen LogP contribution is -2.14. The average Bonchev–Trinajstić information content (AvgIpc) is 3.65. The molecule has 198 valence electrons. The molecule has 0 aliphatic carbocycles. The number of nitriles is 1. The molecular formula is C31H20N6O4. The SMILES string of the molecule is N#Cc1ccc(NC(=O)c2cc3cccc(NC(=O)c4ccccc4-c4ccccc4)c3[nH]2)c(-c2noc(=O)[nH]2)c1. The summed E-state index contributed by atoms with van der Waals surface area (Å²) < 4.78 is 4.59. The number of aromatic nitrogens is 3. The first kappa shape index (κ1) is 25.1. The van der Waals surface area contributed by atoms with Gasteiger partial charge in [0.15, 0.2) is 5.82 Å². The number of fused-ring (bicyclic) bond motifs is 1. The van der Waals surface area contributed by atoms with E-state index in [0.29, 0.717) is 39.0 Å². The van der Waals surface area contributed by atoms with Gasteiger partial charge in [0.2, 0.25) is 0 Å². The van der Waals surface area contributed by atoms with Crippen molar-refractivity contribution < 1.29 is 14.1 Å². The second kappa shape index (κ2) is 10.5. The first-order valence-corrected chi connectivity index (χ1v) is 12.5. The highest BCUT2D eigenvalue weighted by molar-refractivity contribution is 6.13. The van der Waals surface area contributed by atoms with Crippen LogP contribution in [-0.4, -0.2) is 26.9 Å². The minimum absolute atomic E-state index is 0.0693. The van der Waals surface area contributed by atoms with E-state index in [1.165, 1.54) is 18.2 Å². The van der Waals surface area contributed by atoms with Crippen molar-refractivity contribution >= 4 is 34.1 Å². The van der Waals surface area contributed by atoms with Crippen LogP contribution in [-0.2, 0) is 0 Å². The van der Waals surface area contributed by atoms with Gasteiger partial charge in [-0.15, -0.1) is 0 Å². The maximum absolute atomic E-state index is 13.4. The van der Waals surface area contributed by atoms with Crippen LogP contribution in [0.25, 0.3) is 33.4 Å². The fraction of sp³-hybridized carbons (Fsp3) is 0. The van der Waals surface area contributed by atoms with Gasteiger partial charge in [0.05, 0.1) is 28.5 Å². The monoisotopic (exact) mass is 540 g/mol. The highest BCUT2D eigenvalue weighted by atomic mass is 16.5. The van der Waals surface area contributed by atoms with Crippen LogP contribution >= 0.6 is 0 Å². The molecule has 6 aromatic rings. The van der Waals surface area contributed by atoms with E-state index >= 15 is 0 Å². The summed E-state index contributed by atoms with van der Waals surface area (Å²) in [4.78, 5) is 43.7. The van der Waals surface area contributed by atoms with Gasteiger partial charge >= 0.3 is 5.76 Å².